The third kappa shape index (κ3) is 21.3. The summed E-state index contributed by atoms with van der Waals surface area (Å²) in [6.07, 6.45) is 0.349. The van der Waals surface area contributed by atoms with Crippen molar-refractivity contribution in [1.29, 1.82) is 0 Å². The number of nitrogens with zero attached hydrogens (tertiary/aromatic N) is 7. The van der Waals surface area contributed by atoms with Crippen molar-refractivity contribution in [2.45, 2.75) is 203 Å². The van der Waals surface area contributed by atoms with Crippen LogP contribution in [0.4, 0.5) is 4.79 Å². The van der Waals surface area contributed by atoms with E-state index >= 15 is 4.79 Å². The minimum absolute atomic E-state index is 0.00202. The number of nitrogens with one attached hydrogen (secondary N) is 3. The molecule has 0 spiro atoms. The Kier molecular flexibility index (Phi) is 31.2. The first-order valence-corrected chi connectivity index (χ1v) is 29.6. The van der Waals surface area contributed by atoms with E-state index in [1.165, 1.54) is 91.7 Å². The van der Waals surface area contributed by atoms with Crippen LogP contribution in [0.15, 0.2) is 12.3 Å². The molecular formula is C60H106N10O14. The van der Waals surface area contributed by atoms with Gasteiger partial charge in [0.15, 0.2) is 0 Å². The number of allylic oxidation sites excluding steroid dienone is 1. The molecule has 0 bridgehead atoms. The second kappa shape index (κ2) is 34.6. The molecule has 11 atom stereocenters. The average molecular weight is 1190 g/mol. The Morgan fingerprint density at radius 2 is 0.952 bits per heavy atom. The Balaban J connectivity index is 4.36. The topological polar surface area (TPSA) is 285 Å². The molecule has 0 aromatic rings. The summed E-state index contributed by atoms with van der Waals surface area (Å²) in [6, 6.07) is -11.4. The number of amides is 10. The molecule has 1 fully saturated rings. The lowest BCUT2D eigenvalue weighted by molar-refractivity contribution is -0.155. The lowest BCUT2D eigenvalue weighted by Crippen LogP contribution is -2.63. The fourth-order valence-electron chi connectivity index (χ4n) is 10.5. The summed E-state index contributed by atoms with van der Waals surface area (Å²) in [5, 5.41) is 20.1. The van der Waals surface area contributed by atoms with E-state index in [-0.39, 0.29) is 62.2 Å². The number of aliphatic hydroxyl groups is 1. The zero-order chi connectivity index (χ0) is 65.1. The third-order valence-corrected chi connectivity index (χ3v) is 15.5. The van der Waals surface area contributed by atoms with Crippen molar-refractivity contribution in [3.05, 3.63) is 12.3 Å². The van der Waals surface area contributed by atoms with Crippen molar-refractivity contribution in [3.63, 3.8) is 0 Å². The van der Waals surface area contributed by atoms with Crippen LogP contribution in [-0.2, 0) is 57.4 Å². The van der Waals surface area contributed by atoms with Crippen LogP contribution in [-0.4, -0.2) is 228 Å². The summed E-state index contributed by atoms with van der Waals surface area (Å²) in [5.74, 6) is -9.45. The zero-order valence-electron chi connectivity index (χ0n) is 54.8. The highest BCUT2D eigenvalue weighted by Crippen LogP contribution is 2.25. The van der Waals surface area contributed by atoms with Gasteiger partial charge in [0.2, 0.25) is 59.1 Å². The van der Waals surface area contributed by atoms with Crippen molar-refractivity contribution in [2.24, 2.45) is 41.4 Å². The predicted molar refractivity (Wildman–Crippen MR) is 319 cm³/mol. The second-order valence-corrected chi connectivity index (χ2v) is 25.2. The van der Waals surface area contributed by atoms with E-state index < -0.39 is 150 Å². The molecule has 0 aliphatic carbocycles. The largest absolute Gasteiger partial charge is 0.512 e. The summed E-state index contributed by atoms with van der Waals surface area (Å²) >= 11 is 0. The van der Waals surface area contributed by atoms with Gasteiger partial charge < -0.3 is 64.8 Å². The van der Waals surface area contributed by atoms with Gasteiger partial charge in [0.1, 0.15) is 54.4 Å². The van der Waals surface area contributed by atoms with Crippen LogP contribution in [0.2, 0.25) is 0 Å². The van der Waals surface area contributed by atoms with Gasteiger partial charge in [-0.15, -0.1) is 0 Å². The number of rotatable bonds is 16. The molecule has 0 radical (unpaired) electrons. The van der Waals surface area contributed by atoms with Gasteiger partial charge in [-0.1, -0.05) is 96.9 Å². The van der Waals surface area contributed by atoms with E-state index in [1.54, 1.807) is 41.5 Å². The Morgan fingerprint density at radius 3 is 1.39 bits per heavy atom. The summed E-state index contributed by atoms with van der Waals surface area (Å²) in [4.78, 5) is 167. The van der Waals surface area contributed by atoms with Crippen molar-refractivity contribution >= 4 is 65.2 Å². The first-order chi connectivity index (χ1) is 38.8. The minimum Gasteiger partial charge on any atom is -0.437 e. The maximum atomic E-state index is 15.0. The summed E-state index contributed by atoms with van der Waals surface area (Å²) < 4.78 is 9.33. The van der Waals surface area contributed by atoms with Crippen LogP contribution in [0, 0.1) is 41.4 Å². The molecule has 10 amide bonds. The number of ether oxygens (including phenoxy) is 2. The van der Waals surface area contributed by atoms with Gasteiger partial charge in [-0.25, -0.2) is 4.79 Å². The maximum absolute atomic E-state index is 15.0. The van der Waals surface area contributed by atoms with Crippen LogP contribution < -0.4 is 16.0 Å². The Morgan fingerprint density at radius 1 is 0.536 bits per heavy atom. The second-order valence-electron chi connectivity index (χ2n) is 25.2. The van der Waals surface area contributed by atoms with E-state index in [1.807, 2.05) is 55.4 Å². The van der Waals surface area contributed by atoms with Crippen molar-refractivity contribution < 1.29 is 67.3 Å². The van der Waals surface area contributed by atoms with Gasteiger partial charge in [-0.3, -0.25) is 47.9 Å². The maximum Gasteiger partial charge on any atom is 0.512 e. The minimum atomic E-state index is -1.78. The summed E-state index contributed by atoms with van der Waals surface area (Å²) in [7, 11) is 11.1. The van der Waals surface area contributed by atoms with Crippen LogP contribution in [0.5, 0.6) is 0 Å². The highest BCUT2D eigenvalue weighted by atomic mass is 16.7. The number of hydrogen-bond acceptors (Lipinski definition) is 14. The van der Waals surface area contributed by atoms with E-state index in [0.717, 1.165) is 18.3 Å². The molecule has 1 saturated heterocycles. The number of likely N-dealkylation sites (N-methyl/N-ethyl adjacent to an activating group) is 7. The predicted octanol–water partition coefficient (Wildman–Crippen LogP) is 3.48. The number of methoxy groups -OCH3 is 1. The lowest BCUT2D eigenvalue weighted by atomic mass is 9.92. The van der Waals surface area contributed by atoms with Gasteiger partial charge >= 0.3 is 6.16 Å². The Hall–Kier alpha value is -6.33. The van der Waals surface area contributed by atoms with E-state index in [0.29, 0.717) is 0 Å². The molecule has 1 aliphatic rings. The normalized spacial score (nSPS) is 25.7. The van der Waals surface area contributed by atoms with Crippen LogP contribution in [0.1, 0.15) is 142 Å². The molecule has 0 aromatic carbocycles. The first-order valence-electron chi connectivity index (χ1n) is 29.6. The van der Waals surface area contributed by atoms with Crippen LogP contribution in [0.3, 0.4) is 0 Å². The summed E-state index contributed by atoms with van der Waals surface area (Å²) in [6.45, 7) is 25.9. The molecule has 4 N–H and O–H groups in total. The molecule has 84 heavy (non-hydrogen) atoms. The quantitative estimate of drug-likeness (QED) is 0.127. The van der Waals surface area contributed by atoms with Crippen molar-refractivity contribution in [2.75, 3.05) is 63.0 Å². The smallest absolute Gasteiger partial charge is 0.437 e. The Labute approximate surface area is 500 Å². The lowest BCUT2D eigenvalue weighted by Gasteiger charge is -2.40. The number of hydrogen-bond donors (Lipinski definition) is 4. The molecule has 1 rings (SSSR count). The Bertz CT molecular complexity index is 2290. The fourth-order valence-corrected chi connectivity index (χ4v) is 10.5. The van der Waals surface area contributed by atoms with E-state index in [4.69, 9.17) is 4.74 Å². The zero-order valence-corrected chi connectivity index (χ0v) is 54.8. The molecule has 0 aromatic heterocycles. The van der Waals surface area contributed by atoms with E-state index in [2.05, 4.69) is 20.7 Å². The highest BCUT2D eigenvalue weighted by molar-refractivity contribution is 5.99. The van der Waals surface area contributed by atoms with Crippen molar-refractivity contribution in [3.8, 4) is 0 Å². The molecule has 480 valence electrons. The number of carbonyl (C=O) groups excluding carboxylic acids is 11. The molecular weight excluding hydrogens is 1080 g/mol. The first kappa shape index (κ1) is 75.7. The molecule has 24 nitrogen and oxygen atoms in total. The van der Waals surface area contributed by atoms with Gasteiger partial charge in [0.25, 0.3) is 0 Å². The van der Waals surface area contributed by atoms with Crippen molar-refractivity contribution in [1.82, 2.24) is 50.2 Å². The third-order valence-electron chi connectivity index (χ3n) is 15.5. The van der Waals surface area contributed by atoms with Gasteiger partial charge in [0, 0.05) is 49.3 Å². The molecule has 1 aliphatic heterocycles. The molecule has 1 heterocycles. The molecule has 24 heteroatoms. The number of carbonyl (C=O) groups is 11. The average Bonchev–Trinajstić information content (AvgIpc) is 2.37. The monoisotopic (exact) mass is 1190 g/mol. The van der Waals surface area contributed by atoms with Crippen LogP contribution in [0.25, 0.3) is 0 Å². The van der Waals surface area contributed by atoms with Crippen LogP contribution >= 0.6 is 0 Å². The van der Waals surface area contributed by atoms with Gasteiger partial charge in [-0.05, 0) is 93.0 Å². The SMILES string of the molecule is CC[C@@H]1NC(=O)C([C@H](O)[C@H](C)C/C=C/OC(=O)OC)NC(=O)[C@H](C(C)C)N(C)C(=O)[C@H](CC(C)C)N(C)C(=O)[C@H](CC(C)C)N(C)C(=O)[C@H](C)NC(=O)[C@H](CC(C)C)N(C)C(=O)[C@H](C(C)C)N(C)C(=O)[C@H](CC(C)C)N(C)C(=O)CN(C)C1=O. The fraction of sp³-hybridized carbons (Fsp3) is 0.783. The van der Waals surface area contributed by atoms with Gasteiger partial charge in [-0.2, -0.15) is 0 Å². The standard InChI is InChI=1S/C60H106N10O14/c1-24-41-55(77)64(16)32-46(71)65(17)43(29-34(4)5)57(79)70(22)49(38(12)13)59(81)66(18)42(28-33(2)3)51(73)61-40(15)54(76)67(19)44(30-35(6)7)56(78)68(20)45(31-36(8)9)58(80)69(21)48(37(10)11)53(75)63-47(52(74)62-41)50(72)39(14)26-25-27-84-60(82)83-23/h25,27,33-45,47-50,72H,24,26,28-32H2,1-23H3,(H,61,73)(H,62,74)(H,63,75)/b27-25+/t39-,40+,41+,42+,43+,44+,45+,47?,48+,49+,50-/m1/s1. The highest BCUT2D eigenvalue weighted by Gasteiger charge is 2.45. The van der Waals surface area contributed by atoms with E-state index in [9.17, 15) is 53.1 Å². The molecule has 1 unspecified atom stereocenters. The van der Waals surface area contributed by atoms with Gasteiger partial charge in [0.05, 0.1) is 26.0 Å². The molecule has 0 saturated carbocycles. The number of aliphatic hydroxyl groups excluding tert-OH is 1. The summed E-state index contributed by atoms with van der Waals surface area (Å²) in [5.41, 5.74) is 0.